The number of pyridine rings is 1. The van der Waals surface area contributed by atoms with E-state index in [2.05, 4.69) is 21.0 Å². The number of anilines is 1. The molecule has 130 valence electrons. The summed E-state index contributed by atoms with van der Waals surface area (Å²) in [7, 11) is 0. The second kappa shape index (κ2) is 7.88. The second-order valence-corrected chi connectivity index (χ2v) is 6.07. The van der Waals surface area contributed by atoms with Gasteiger partial charge in [0.2, 0.25) is 5.88 Å². The largest absolute Gasteiger partial charge is 0.477 e. The van der Waals surface area contributed by atoms with Crippen LogP contribution in [0.25, 0.3) is 0 Å². The molecule has 3 rings (SSSR count). The highest BCUT2D eigenvalue weighted by atomic mass is 19.1. The third-order valence-electron chi connectivity index (χ3n) is 4.33. The number of hydrogen-bond donors (Lipinski definition) is 0. The zero-order valence-corrected chi connectivity index (χ0v) is 14.2. The number of piperidine rings is 1. The van der Waals surface area contributed by atoms with Crippen LogP contribution in [0.4, 0.5) is 10.2 Å². The Morgan fingerprint density at radius 3 is 3.08 bits per heavy atom. The molecule has 0 spiro atoms. The Balaban J connectivity index is 1.64. The van der Waals surface area contributed by atoms with Crippen molar-refractivity contribution in [3.63, 3.8) is 0 Å². The van der Waals surface area contributed by atoms with Crippen LogP contribution < -0.4 is 9.64 Å². The Hall–Kier alpha value is -2.75. The summed E-state index contributed by atoms with van der Waals surface area (Å²) in [6.45, 7) is 3.81. The van der Waals surface area contributed by atoms with Gasteiger partial charge < -0.3 is 9.64 Å². The third kappa shape index (κ3) is 4.02. The molecular formula is C18H20FN5O. The summed E-state index contributed by atoms with van der Waals surface area (Å²) in [5, 5.41) is 8.92. The van der Waals surface area contributed by atoms with Crippen LogP contribution in [0.3, 0.4) is 0 Å². The molecule has 1 aliphatic rings. The second-order valence-electron chi connectivity index (χ2n) is 6.07. The van der Waals surface area contributed by atoms with Gasteiger partial charge in [-0.3, -0.25) is 0 Å². The van der Waals surface area contributed by atoms with Gasteiger partial charge in [0.25, 0.3) is 0 Å². The fraction of sp³-hybridized carbons (Fsp3) is 0.444. The highest BCUT2D eigenvalue weighted by Crippen LogP contribution is 2.25. The smallest absolute Gasteiger partial charge is 0.214 e. The highest BCUT2D eigenvalue weighted by Gasteiger charge is 2.24. The van der Waals surface area contributed by atoms with Gasteiger partial charge in [0.05, 0.1) is 23.9 Å². The first-order valence-corrected chi connectivity index (χ1v) is 8.44. The summed E-state index contributed by atoms with van der Waals surface area (Å²) in [5.74, 6) is 0.745. The van der Waals surface area contributed by atoms with Crippen molar-refractivity contribution in [1.29, 1.82) is 5.26 Å². The average molecular weight is 341 g/mol. The Morgan fingerprint density at radius 1 is 1.40 bits per heavy atom. The Labute approximate surface area is 146 Å². The van der Waals surface area contributed by atoms with Crippen molar-refractivity contribution >= 4 is 5.82 Å². The van der Waals surface area contributed by atoms with Crippen molar-refractivity contribution in [3.05, 3.63) is 41.7 Å². The molecule has 2 aromatic heterocycles. The maximum absolute atomic E-state index is 14.5. The van der Waals surface area contributed by atoms with E-state index in [0.717, 1.165) is 19.4 Å². The molecule has 1 aliphatic heterocycles. The van der Waals surface area contributed by atoms with Crippen LogP contribution in [0.5, 0.6) is 5.88 Å². The molecule has 0 amide bonds. The van der Waals surface area contributed by atoms with Gasteiger partial charge in [0.1, 0.15) is 6.33 Å². The zero-order chi connectivity index (χ0) is 17.6. The van der Waals surface area contributed by atoms with Crippen LogP contribution in [0.2, 0.25) is 0 Å². The van der Waals surface area contributed by atoms with E-state index in [1.807, 2.05) is 11.8 Å². The number of ether oxygens (including phenoxy) is 1. The summed E-state index contributed by atoms with van der Waals surface area (Å²) >= 11 is 0. The number of halogens is 1. The van der Waals surface area contributed by atoms with E-state index >= 15 is 0 Å². The van der Waals surface area contributed by atoms with Crippen LogP contribution in [0.1, 0.15) is 31.0 Å². The molecule has 0 aromatic carbocycles. The summed E-state index contributed by atoms with van der Waals surface area (Å²) in [6.07, 6.45) is 5.48. The van der Waals surface area contributed by atoms with Crippen molar-refractivity contribution in [2.45, 2.75) is 26.2 Å². The number of nitriles is 1. The number of aryl methyl sites for hydroxylation is 1. The van der Waals surface area contributed by atoms with Gasteiger partial charge >= 0.3 is 0 Å². The zero-order valence-electron chi connectivity index (χ0n) is 14.2. The Morgan fingerprint density at radius 2 is 2.28 bits per heavy atom. The molecule has 25 heavy (non-hydrogen) atoms. The van der Waals surface area contributed by atoms with Gasteiger partial charge in [-0.2, -0.15) is 5.26 Å². The topological polar surface area (TPSA) is 74.9 Å². The van der Waals surface area contributed by atoms with Crippen LogP contribution in [-0.4, -0.2) is 34.6 Å². The molecule has 7 heteroatoms. The van der Waals surface area contributed by atoms with Gasteiger partial charge in [-0.15, -0.1) is 0 Å². The molecule has 0 N–H and O–H groups in total. The molecule has 2 aromatic rings. The van der Waals surface area contributed by atoms with Gasteiger partial charge in [-0.05, 0) is 25.3 Å². The van der Waals surface area contributed by atoms with Gasteiger partial charge in [0, 0.05) is 31.3 Å². The maximum Gasteiger partial charge on any atom is 0.214 e. The van der Waals surface area contributed by atoms with Crippen molar-refractivity contribution in [2.24, 2.45) is 5.92 Å². The van der Waals surface area contributed by atoms with Crippen molar-refractivity contribution < 1.29 is 9.13 Å². The average Bonchev–Trinajstić information content (AvgIpc) is 2.67. The van der Waals surface area contributed by atoms with Crippen LogP contribution >= 0.6 is 0 Å². The molecule has 0 bridgehead atoms. The third-order valence-corrected chi connectivity index (χ3v) is 4.33. The number of hydrogen-bond acceptors (Lipinski definition) is 6. The van der Waals surface area contributed by atoms with Crippen LogP contribution in [0, 0.1) is 23.1 Å². The van der Waals surface area contributed by atoms with E-state index in [0.29, 0.717) is 42.5 Å². The summed E-state index contributed by atoms with van der Waals surface area (Å²) in [4.78, 5) is 14.2. The molecule has 1 atom stereocenters. The minimum atomic E-state index is -0.324. The monoisotopic (exact) mass is 341 g/mol. The minimum Gasteiger partial charge on any atom is -0.477 e. The summed E-state index contributed by atoms with van der Waals surface area (Å²) in [5.41, 5.74) is 0.964. The normalized spacial score (nSPS) is 17.2. The van der Waals surface area contributed by atoms with Gasteiger partial charge in [-0.25, -0.2) is 19.3 Å². The lowest BCUT2D eigenvalue weighted by Gasteiger charge is -2.33. The summed E-state index contributed by atoms with van der Waals surface area (Å²) < 4.78 is 20.2. The lowest BCUT2D eigenvalue weighted by atomic mass is 9.99. The van der Waals surface area contributed by atoms with Crippen LogP contribution in [0.15, 0.2) is 24.7 Å². The molecule has 3 heterocycles. The van der Waals surface area contributed by atoms with E-state index < -0.39 is 0 Å². The fourth-order valence-electron chi connectivity index (χ4n) is 3.02. The lowest BCUT2D eigenvalue weighted by molar-refractivity contribution is 0.221. The van der Waals surface area contributed by atoms with E-state index in [1.54, 1.807) is 18.3 Å². The molecule has 0 radical (unpaired) electrons. The quantitative estimate of drug-likeness (QED) is 0.832. The highest BCUT2D eigenvalue weighted by molar-refractivity contribution is 5.41. The fourth-order valence-corrected chi connectivity index (χ4v) is 3.02. The van der Waals surface area contributed by atoms with Crippen molar-refractivity contribution in [2.75, 3.05) is 24.6 Å². The molecule has 1 unspecified atom stereocenters. The molecule has 1 fully saturated rings. The Bertz CT molecular complexity index is 776. The first-order chi connectivity index (χ1) is 12.2. The van der Waals surface area contributed by atoms with E-state index in [4.69, 9.17) is 10.00 Å². The lowest BCUT2D eigenvalue weighted by Crippen LogP contribution is -2.39. The SMILES string of the molecule is CCc1ncnc(N2CCCC(COc3cc(C#N)ccn3)C2)c1F. The minimum absolute atomic E-state index is 0.251. The first-order valence-electron chi connectivity index (χ1n) is 8.44. The number of rotatable bonds is 5. The standard InChI is InChI=1S/C18H20FN5O/c1-2-15-17(19)18(23-12-22-15)24-7-3-4-14(10-24)11-25-16-8-13(9-20)5-6-21-16/h5-6,8,12,14H,2-4,7,10-11H2,1H3. The molecule has 0 aliphatic carbocycles. The molecular weight excluding hydrogens is 321 g/mol. The predicted molar refractivity (Wildman–Crippen MR) is 90.8 cm³/mol. The van der Waals surface area contributed by atoms with E-state index in [1.165, 1.54) is 6.33 Å². The van der Waals surface area contributed by atoms with Crippen molar-refractivity contribution in [3.8, 4) is 11.9 Å². The number of nitrogens with zero attached hydrogens (tertiary/aromatic N) is 5. The Kier molecular flexibility index (Phi) is 5.39. The summed E-state index contributed by atoms with van der Waals surface area (Å²) in [6, 6.07) is 5.33. The number of aromatic nitrogens is 3. The first kappa shape index (κ1) is 17.1. The van der Waals surface area contributed by atoms with Gasteiger partial charge in [-0.1, -0.05) is 6.92 Å². The van der Waals surface area contributed by atoms with Crippen LogP contribution in [-0.2, 0) is 6.42 Å². The predicted octanol–water partition coefficient (Wildman–Crippen LogP) is 2.74. The van der Waals surface area contributed by atoms with E-state index in [-0.39, 0.29) is 11.7 Å². The maximum atomic E-state index is 14.5. The van der Waals surface area contributed by atoms with E-state index in [9.17, 15) is 4.39 Å². The molecule has 1 saturated heterocycles. The van der Waals surface area contributed by atoms with Crippen molar-refractivity contribution in [1.82, 2.24) is 15.0 Å². The molecule has 0 saturated carbocycles. The van der Waals surface area contributed by atoms with Gasteiger partial charge in [0.15, 0.2) is 11.6 Å². The molecule has 6 nitrogen and oxygen atoms in total.